The summed E-state index contributed by atoms with van der Waals surface area (Å²) < 4.78 is 0. The maximum absolute atomic E-state index is 12.2. The quantitative estimate of drug-likeness (QED) is 0.856. The van der Waals surface area contributed by atoms with Crippen molar-refractivity contribution < 1.29 is 4.79 Å². The summed E-state index contributed by atoms with van der Waals surface area (Å²) in [4.78, 5) is 15.0. The Hall–Kier alpha value is -0.870. The summed E-state index contributed by atoms with van der Waals surface area (Å²) in [7, 11) is 0. The second-order valence-corrected chi connectivity index (χ2v) is 5.44. The number of amides is 1. The Bertz CT molecular complexity index is 350. The lowest BCUT2D eigenvalue weighted by molar-refractivity contribution is 0.0578. The highest BCUT2D eigenvalue weighted by Crippen LogP contribution is 2.24. The second kappa shape index (κ2) is 4.97. The molecule has 0 saturated carbocycles. The summed E-state index contributed by atoms with van der Waals surface area (Å²) in [6.45, 7) is 3.65. The number of hydrogen-bond donors (Lipinski definition) is 1. The number of carbonyl (C=O) groups excluding carboxylic acids is 1. The van der Waals surface area contributed by atoms with Gasteiger partial charge in [-0.15, -0.1) is 11.3 Å². The van der Waals surface area contributed by atoms with Crippen LogP contribution >= 0.6 is 11.3 Å². The van der Waals surface area contributed by atoms with Gasteiger partial charge in [-0.1, -0.05) is 13.0 Å². The van der Waals surface area contributed by atoms with Crippen LogP contribution in [0.25, 0.3) is 0 Å². The molecule has 2 atom stereocenters. The number of likely N-dealkylation sites (tertiary alicyclic amines) is 1. The van der Waals surface area contributed by atoms with Gasteiger partial charge >= 0.3 is 0 Å². The summed E-state index contributed by atoms with van der Waals surface area (Å²) in [6.07, 6.45) is 2.13. The van der Waals surface area contributed by atoms with Gasteiger partial charge in [-0.25, -0.2) is 0 Å². The van der Waals surface area contributed by atoms with Gasteiger partial charge in [-0.3, -0.25) is 4.79 Å². The highest BCUT2D eigenvalue weighted by atomic mass is 32.1. The predicted molar refractivity (Wildman–Crippen MR) is 66.6 cm³/mol. The molecule has 1 fully saturated rings. The minimum absolute atomic E-state index is 0.150. The molecule has 2 N–H and O–H groups in total. The zero-order chi connectivity index (χ0) is 11.5. The molecule has 4 heteroatoms. The average Bonchev–Trinajstić information content (AvgIpc) is 2.81. The lowest BCUT2D eigenvalue weighted by Gasteiger charge is -2.37. The molecule has 1 aliphatic rings. The smallest absolute Gasteiger partial charge is 0.264 e. The summed E-state index contributed by atoms with van der Waals surface area (Å²) in [5.41, 5.74) is 5.76. The van der Waals surface area contributed by atoms with Gasteiger partial charge in [0.1, 0.15) is 0 Å². The molecular weight excluding hydrogens is 220 g/mol. The van der Waals surface area contributed by atoms with E-state index in [0.717, 1.165) is 24.3 Å². The molecule has 2 heterocycles. The van der Waals surface area contributed by atoms with Crippen LogP contribution in [0.3, 0.4) is 0 Å². The van der Waals surface area contributed by atoms with Crippen LogP contribution in [0.15, 0.2) is 17.5 Å². The fourth-order valence-corrected chi connectivity index (χ4v) is 2.96. The zero-order valence-corrected chi connectivity index (χ0v) is 10.4. The van der Waals surface area contributed by atoms with Gasteiger partial charge in [0.25, 0.3) is 5.91 Å². The molecule has 16 heavy (non-hydrogen) atoms. The zero-order valence-electron chi connectivity index (χ0n) is 9.56. The first-order chi connectivity index (χ1) is 7.72. The molecule has 1 amide bonds. The molecule has 2 unspecified atom stereocenters. The van der Waals surface area contributed by atoms with Gasteiger partial charge in [0.15, 0.2) is 0 Å². The minimum atomic E-state index is 0.150. The second-order valence-electron chi connectivity index (χ2n) is 4.49. The van der Waals surface area contributed by atoms with E-state index in [9.17, 15) is 4.79 Å². The van der Waals surface area contributed by atoms with Crippen LogP contribution in [0.1, 0.15) is 29.4 Å². The molecule has 1 aromatic rings. The first kappa shape index (κ1) is 11.6. The van der Waals surface area contributed by atoms with E-state index in [1.807, 2.05) is 22.4 Å². The first-order valence-electron chi connectivity index (χ1n) is 5.77. The first-order valence-corrected chi connectivity index (χ1v) is 6.65. The Kier molecular flexibility index (Phi) is 3.61. The van der Waals surface area contributed by atoms with E-state index >= 15 is 0 Å². The van der Waals surface area contributed by atoms with Gasteiger partial charge in [0.05, 0.1) is 4.88 Å². The fraction of sp³-hybridized carbons (Fsp3) is 0.583. The minimum Gasteiger partial charge on any atom is -0.334 e. The van der Waals surface area contributed by atoms with Crippen molar-refractivity contribution in [1.29, 1.82) is 0 Å². The lowest BCUT2D eigenvalue weighted by atomic mass is 9.92. The molecule has 1 saturated heterocycles. The Morgan fingerprint density at radius 2 is 2.50 bits per heavy atom. The maximum atomic E-state index is 12.2. The maximum Gasteiger partial charge on any atom is 0.264 e. The monoisotopic (exact) mass is 238 g/mol. The molecule has 0 bridgehead atoms. The van der Waals surface area contributed by atoms with Gasteiger partial charge in [-0.2, -0.15) is 0 Å². The summed E-state index contributed by atoms with van der Waals surface area (Å²) in [5, 5.41) is 1.94. The van der Waals surface area contributed by atoms with E-state index in [1.165, 1.54) is 11.3 Å². The van der Waals surface area contributed by atoms with Gasteiger partial charge in [0, 0.05) is 19.1 Å². The Balaban J connectivity index is 2.10. The number of piperidine rings is 1. The van der Waals surface area contributed by atoms with Crippen LogP contribution in [-0.4, -0.2) is 29.9 Å². The van der Waals surface area contributed by atoms with E-state index in [2.05, 4.69) is 6.92 Å². The Labute approximate surface area is 100 Å². The normalized spacial score (nSPS) is 25.8. The standard InChI is InChI=1S/C12H18N2OS/c1-9-4-5-14(10(7-9)8-13)12(15)11-3-2-6-16-11/h2-3,6,9-10H,4-5,7-8,13H2,1H3. The van der Waals surface area contributed by atoms with Crippen molar-refractivity contribution in [2.75, 3.05) is 13.1 Å². The highest BCUT2D eigenvalue weighted by Gasteiger charge is 2.29. The van der Waals surface area contributed by atoms with Crippen molar-refractivity contribution in [2.45, 2.75) is 25.8 Å². The van der Waals surface area contributed by atoms with Crippen LogP contribution in [0.4, 0.5) is 0 Å². The van der Waals surface area contributed by atoms with Crippen molar-refractivity contribution in [3.63, 3.8) is 0 Å². The third-order valence-corrected chi connectivity index (χ3v) is 4.10. The molecule has 0 radical (unpaired) electrons. The third-order valence-electron chi connectivity index (χ3n) is 3.24. The summed E-state index contributed by atoms with van der Waals surface area (Å²) >= 11 is 1.51. The molecule has 88 valence electrons. The largest absolute Gasteiger partial charge is 0.334 e. The number of nitrogens with two attached hydrogens (primary N) is 1. The number of hydrogen-bond acceptors (Lipinski definition) is 3. The number of nitrogens with zero attached hydrogens (tertiary/aromatic N) is 1. The summed E-state index contributed by atoms with van der Waals surface area (Å²) in [5.74, 6) is 0.832. The topological polar surface area (TPSA) is 46.3 Å². The Morgan fingerprint density at radius 3 is 3.12 bits per heavy atom. The summed E-state index contributed by atoms with van der Waals surface area (Å²) in [6, 6.07) is 4.03. The van der Waals surface area contributed by atoms with Crippen molar-refractivity contribution in [3.8, 4) is 0 Å². The van der Waals surface area contributed by atoms with Crippen LogP contribution < -0.4 is 5.73 Å². The van der Waals surface area contributed by atoms with Gasteiger partial charge in [-0.05, 0) is 30.2 Å². The van der Waals surface area contributed by atoms with Crippen LogP contribution in [0.5, 0.6) is 0 Å². The van der Waals surface area contributed by atoms with E-state index in [1.54, 1.807) is 0 Å². The number of rotatable bonds is 2. The highest BCUT2D eigenvalue weighted by molar-refractivity contribution is 7.12. The van der Waals surface area contributed by atoms with E-state index < -0.39 is 0 Å². The van der Waals surface area contributed by atoms with Crippen molar-refractivity contribution in [2.24, 2.45) is 11.7 Å². The van der Waals surface area contributed by atoms with Crippen molar-refractivity contribution in [1.82, 2.24) is 4.90 Å². The predicted octanol–water partition coefficient (Wildman–Crippen LogP) is 1.95. The fourth-order valence-electron chi connectivity index (χ4n) is 2.28. The lowest BCUT2D eigenvalue weighted by Crippen LogP contribution is -2.49. The van der Waals surface area contributed by atoms with E-state index in [4.69, 9.17) is 5.73 Å². The molecule has 3 nitrogen and oxygen atoms in total. The third kappa shape index (κ3) is 2.28. The molecule has 2 rings (SSSR count). The Morgan fingerprint density at radius 1 is 1.69 bits per heavy atom. The van der Waals surface area contributed by atoms with Crippen molar-refractivity contribution >= 4 is 17.2 Å². The van der Waals surface area contributed by atoms with Gasteiger partial charge in [0.2, 0.25) is 0 Å². The van der Waals surface area contributed by atoms with Crippen LogP contribution in [0, 0.1) is 5.92 Å². The van der Waals surface area contributed by atoms with Crippen LogP contribution in [-0.2, 0) is 0 Å². The molecule has 0 aliphatic carbocycles. The van der Waals surface area contributed by atoms with E-state index in [-0.39, 0.29) is 11.9 Å². The average molecular weight is 238 g/mol. The number of thiophene rings is 1. The van der Waals surface area contributed by atoms with E-state index in [0.29, 0.717) is 12.5 Å². The molecule has 1 aliphatic heterocycles. The number of carbonyl (C=O) groups is 1. The molecule has 1 aromatic heterocycles. The van der Waals surface area contributed by atoms with Crippen LogP contribution in [0.2, 0.25) is 0 Å². The molecular formula is C12H18N2OS. The van der Waals surface area contributed by atoms with Gasteiger partial charge < -0.3 is 10.6 Å². The molecule has 0 spiro atoms. The van der Waals surface area contributed by atoms with Crippen molar-refractivity contribution in [3.05, 3.63) is 22.4 Å². The molecule has 0 aromatic carbocycles. The SMILES string of the molecule is CC1CCN(C(=O)c2cccs2)C(CN)C1.